The van der Waals surface area contributed by atoms with E-state index in [4.69, 9.17) is 0 Å². The molecule has 0 saturated heterocycles. The lowest BCUT2D eigenvalue weighted by Gasteiger charge is -2.07. The van der Waals surface area contributed by atoms with Crippen molar-refractivity contribution in [2.75, 3.05) is 0 Å². The van der Waals surface area contributed by atoms with Crippen LogP contribution in [-0.4, -0.2) is 9.97 Å². The Morgan fingerprint density at radius 1 is 0.393 bits per heavy atom. The topological polar surface area (TPSA) is 25.8 Å². The van der Waals surface area contributed by atoms with Gasteiger partial charge in [0.2, 0.25) is 0 Å². The zero-order chi connectivity index (χ0) is 18.8. The van der Waals surface area contributed by atoms with Gasteiger partial charge in [-0.15, -0.1) is 0 Å². The van der Waals surface area contributed by atoms with Crippen LogP contribution >= 0.6 is 0 Å². The van der Waals surface area contributed by atoms with Crippen LogP contribution < -0.4 is 0 Å². The molecule has 0 atom stereocenters. The van der Waals surface area contributed by atoms with Gasteiger partial charge in [0.1, 0.15) is 6.33 Å². The number of aromatic nitrogens is 2. The van der Waals surface area contributed by atoms with Gasteiger partial charge in [-0.3, -0.25) is 0 Å². The van der Waals surface area contributed by atoms with E-state index in [1.807, 2.05) is 6.07 Å². The molecule has 0 N–H and O–H groups in total. The smallest absolute Gasteiger partial charge is 0.116 e. The largest absolute Gasteiger partial charge is 0.236 e. The molecule has 28 heavy (non-hydrogen) atoms. The summed E-state index contributed by atoms with van der Waals surface area (Å²) in [5.41, 5.74) is 6.47. The fourth-order valence-corrected chi connectivity index (χ4v) is 3.49. The van der Waals surface area contributed by atoms with E-state index in [1.165, 1.54) is 21.9 Å². The fraction of sp³-hybridized carbons (Fsp3) is 0. The van der Waals surface area contributed by atoms with Gasteiger partial charge < -0.3 is 0 Å². The Labute approximate surface area is 164 Å². The molecule has 0 aliphatic carbocycles. The van der Waals surface area contributed by atoms with Crippen molar-refractivity contribution >= 4 is 10.8 Å². The lowest BCUT2D eigenvalue weighted by Crippen LogP contribution is -1.90. The Hall–Kier alpha value is -3.78. The van der Waals surface area contributed by atoms with Crippen molar-refractivity contribution in [3.8, 4) is 33.6 Å². The molecular weight excluding hydrogens is 340 g/mol. The van der Waals surface area contributed by atoms with Crippen molar-refractivity contribution in [3.05, 3.63) is 109 Å². The van der Waals surface area contributed by atoms with Gasteiger partial charge in [-0.05, 0) is 34.0 Å². The summed E-state index contributed by atoms with van der Waals surface area (Å²) in [7, 11) is 0. The number of fused-ring (bicyclic) bond motifs is 1. The van der Waals surface area contributed by atoms with E-state index in [-0.39, 0.29) is 0 Å². The summed E-state index contributed by atoms with van der Waals surface area (Å²) in [4.78, 5) is 8.98. The first-order valence-corrected chi connectivity index (χ1v) is 9.34. The van der Waals surface area contributed by atoms with Crippen LogP contribution in [-0.2, 0) is 0 Å². The Morgan fingerprint density at radius 3 is 1.75 bits per heavy atom. The van der Waals surface area contributed by atoms with Crippen molar-refractivity contribution in [1.29, 1.82) is 0 Å². The van der Waals surface area contributed by atoms with Crippen LogP contribution in [0.5, 0.6) is 0 Å². The Kier molecular flexibility index (Phi) is 4.15. The van der Waals surface area contributed by atoms with E-state index in [9.17, 15) is 0 Å². The minimum Gasteiger partial charge on any atom is -0.236 e. The average molecular weight is 358 g/mol. The quantitative estimate of drug-likeness (QED) is 0.362. The van der Waals surface area contributed by atoms with Crippen molar-refractivity contribution < 1.29 is 0 Å². The molecule has 0 amide bonds. The molecule has 1 heterocycles. The van der Waals surface area contributed by atoms with Gasteiger partial charge in [0.15, 0.2) is 0 Å². The van der Waals surface area contributed by atoms with E-state index in [0.29, 0.717) is 0 Å². The van der Waals surface area contributed by atoms with Crippen molar-refractivity contribution in [2.24, 2.45) is 0 Å². The number of benzene rings is 4. The van der Waals surface area contributed by atoms with Gasteiger partial charge >= 0.3 is 0 Å². The molecule has 0 fully saturated rings. The van der Waals surface area contributed by atoms with Crippen molar-refractivity contribution in [2.45, 2.75) is 0 Å². The molecule has 0 saturated carbocycles. The first-order valence-electron chi connectivity index (χ1n) is 9.34. The molecule has 0 spiro atoms. The molecule has 4 aromatic carbocycles. The van der Waals surface area contributed by atoms with Crippen LogP contribution in [0.2, 0.25) is 0 Å². The van der Waals surface area contributed by atoms with E-state index in [0.717, 1.165) is 22.5 Å². The van der Waals surface area contributed by atoms with Gasteiger partial charge in [-0.25, -0.2) is 9.97 Å². The van der Waals surface area contributed by atoms with E-state index in [2.05, 4.69) is 107 Å². The van der Waals surface area contributed by atoms with Crippen LogP contribution in [0, 0.1) is 0 Å². The average Bonchev–Trinajstić information content (AvgIpc) is 2.79. The molecule has 132 valence electrons. The third kappa shape index (κ3) is 3.17. The predicted octanol–water partition coefficient (Wildman–Crippen LogP) is 6.63. The summed E-state index contributed by atoms with van der Waals surface area (Å²) < 4.78 is 0. The number of nitrogens with zero attached hydrogens (tertiary/aromatic N) is 2. The normalized spacial score (nSPS) is 10.9. The summed E-state index contributed by atoms with van der Waals surface area (Å²) in [5.74, 6) is 0. The van der Waals surface area contributed by atoms with Gasteiger partial charge in [0, 0.05) is 11.1 Å². The molecule has 0 unspecified atom stereocenters. The van der Waals surface area contributed by atoms with Crippen LogP contribution in [0.15, 0.2) is 109 Å². The third-order valence-electron chi connectivity index (χ3n) is 5.00. The highest BCUT2D eigenvalue weighted by atomic mass is 14.8. The lowest BCUT2D eigenvalue weighted by atomic mass is 10.0. The highest BCUT2D eigenvalue weighted by molar-refractivity contribution is 5.87. The summed E-state index contributed by atoms with van der Waals surface area (Å²) in [5, 5.41) is 2.45. The monoisotopic (exact) mass is 358 g/mol. The van der Waals surface area contributed by atoms with Gasteiger partial charge in [0.05, 0.1) is 11.4 Å². The van der Waals surface area contributed by atoms with Crippen LogP contribution in [0.1, 0.15) is 0 Å². The van der Waals surface area contributed by atoms with E-state index < -0.39 is 0 Å². The highest BCUT2D eigenvalue weighted by Gasteiger charge is 2.06. The molecule has 1 aromatic heterocycles. The molecular formula is C26H18N2. The maximum absolute atomic E-state index is 4.50. The summed E-state index contributed by atoms with van der Waals surface area (Å²) >= 11 is 0. The number of hydrogen-bond acceptors (Lipinski definition) is 2. The second-order valence-electron chi connectivity index (χ2n) is 6.79. The standard InChI is InChI=1S/C26H18N2/c1-2-6-19(7-3-1)21-10-13-22(14-11-21)25-17-26(28-18-27-25)24-15-12-20-8-4-5-9-23(20)16-24/h1-18H. The second kappa shape index (κ2) is 7.09. The zero-order valence-electron chi connectivity index (χ0n) is 15.3. The zero-order valence-corrected chi connectivity index (χ0v) is 15.3. The number of hydrogen-bond donors (Lipinski definition) is 0. The molecule has 2 heteroatoms. The molecule has 5 rings (SSSR count). The Bertz CT molecular complexity index is 1240. The molecule has 0 bridgehead atoms. The van der Waals surface area contributed by atoms with Crippen LogP contribution in [0.3, 0.4) is 0 Å². The highest BCUT2D eigenvalue weighted by Crippen LogP contribution is 2.27. The Morgan fingerprint density at radius 2 is 0.964 bits per heavy atom. The van der Waals surface area contributed by atoms with Crippen LogP contribution in [0.25, 0.3) is 44.4 Å². The number of rotatable bonds is 3. The lowest BCUT2D eigenvalue weighted by molar-refractivity contribution is 1.18. The minimum atomic E-state index is 0.928. The van der Waals surface area contributed by atoms with Crippen molar-refractivity contribution in [3.63, 3.8) is 0 Å². The van der Waals surface area contributed by atoms with Gasteiger partial charge in [-0.1, -0.05) is 91.0 Å². The molecule has 0 aliphatic rings. The van der Waals surface area contributed by atoms with E-state index in [1.54, 1.807) is 6.33 Å². The van der Waals surface area contributed by atoms with Gasteiger partial charge in [0.25, 0.3) is 0 Å². The maximum Gasteiger partial charge on any atom is 0.116 e. The van der Waals surface area contributed by atoms with Gasteiger partial charge in [-0.2, -0.15) is 0 Å². The summed E-state index contributed by atoms with van der Waals surface area (Å²) in [6.45, 7) is 0. The molecule has 5 aromatic rings. The predicted molar refractivity (Wildman–Crippen MR) is 116 cm³/mol. The molecule has 0 aliphatic heterocycles. The SMILES string of the molecule is c1ccc(-c2ccc(-c3cc(-c4ccc5ccccc5c4)ncn3)cc2)cc1. The van der Waals surface area contributed by atoms with Crippen LogP contribution in [0.4, 0.5) is 0 Å². The first kappa shape index (κ1) is 16.4. The summed E-state index contributed by atoms with van der Waals surface area (Å²) in [6, 6.07) is 35.8. The Balaban J connectivity index is 1.50. The second-order valence-corrected chi connectivity index (χ2v) is 6.79. The van der Waals surface area contributed by atoms with E-state index >= 15 is 0 Å². The summed E-state index contributed by atoms with van der Waals surface area (Å²) in [6.07, 6.45) is 1.64. The fourth-order valence-electron chi connectivity index (χ4n) is 3.49. The first-order chi connectivity index (χ1) is 13.9. The van der Waals surface area contributed by atoms with Crippen molar-refractivity contribution in [1.82, 2.24) is 9.97 Å². The maximum atomic E-state index is 4.50. The third-order valence-corrected chi connectivity index (χ3v) is 5.00. The minimum absolute atomic E-state index is 0.928. The molecule has 2 nitrogen and oxygen atoms in total. The molecule has 0 radical (unpaired) electrons.